The van der Waals surface area contributed by atoms with Crippen molar-refractivity contribution in [1.29, 1.82) is 0 Å². The molecule has 2 N–H and O–H groups in total. The first-order chi connectivity index (χ1) is 15.4. The number of amides is 1. The number of benzene rings is 3. The first-order valence-corrected chi connectivity index (χ1v) is 11.2. The SMILES string of the molecule is CNC(=O)CC[NH+]1c2ccc3ccccc3c2C(C)(C)C1/C=C1\Oc2ccccc2N1C. The summed E-state index contributed by atoms with van der Waals surface area (Å²) in [5, 5.41) is 5.31. The summed E-state index contributed by atoms with van der Waals surface area (Å²) in [6.07, 6.45) is 2.73. The lowest BCUT2D eigenvalue weighted by atomic mass is 9.78. The van der Waals surface area contributed by atoms with Crippen molar-refractivity contribution in [1.82, 2.24) is 5.32 Å². The van der Waals surface area contributed by atoms with E-state index in [1.807, 2.05) is 25.2 Å². The van der Waals surface area contributed by atoms with E-state index < -0.39 is 0 Å². The van der Waals surface area contributed by atoms with Gasteiger partial charge in [-0.15, -0.1) is 0 Å². The summed E-state index contributed by atoms with van der Waals surface area (Å²) in [6.45, 7) is 5.35. The largest absolute Gasteiger partial charge is 0.439 e. The predicted molar refractivity (Wildman–Crippen MR) is 128 cm³/mol. The Hall–Kier alpha value is -3.31. The van der Waals surface area contributed by atoms with Crippen molar-refractivity contribution in [2.45, 2.75) is 31.7 Å². The lowest BCUT2D eigenvalue weighted by molar-refractivity contribution is -0.849. The molecule has 0 radical (unpaired) electrons. The molecule has 0 fully saturated rings. The van der Waals surface area contributed by atoms with Crippen LogP contribution in [0.2, 0.25) is 0 Å². The molecule has 0 saturated carbocycles. The molecule has 2 atom stereocenters. The fourth-order valence-electron chi connectivity index (χ4n) is 5.37. The molecule has 2 heterocycles. The summed E-state index contributed by atoms with van der Waals surface area (Å²) in [5.74, 6) is 1.79. The smallest absolute Gasteiger partial charge is 0.225 e. The fraction of sp³-hybridized carbons (Fsp3) is 0.296. The molecular formula is C27H30N3O2+. The van der Waals surface area contributed by atoms with Gasteiger partial charge in [0.2, 0.25) is 11.8 Å². The van der Waals surface area contributed by atoms with Crippen LogP contribution >= 0.6 is 0 Å². The van der Waals surface area contributed by atoms with Crippen LogP contribution in [-0.2, 0) is 10.2 Å². The summed E-state index contributed by atoms with van der Waals surface area (Å²) < 4.78 is 6.25. The molecule has 0 saturated heterocycles. The Bertz CT molecular complexity index is 1230. The molecule has 2 unspecified atom stereocenters. The third-order valence-corrected chi connectivity index (χ3v) is 7.05. The number of nitrogens with one attached hydrogen (secondary N) is 2. The van der Waals surface area contributed by atoms with E-state index in [4.69, 9.17) is 4.74 Å². The van der Waals surface area contributed by atoms with E-state index in [9.17, 15) is 4.79 Å². The fourth-order valence-corrected chi connectivity index (χ4v) is 5.37. The molecule has 2 aliphatic heterocycles. The van der Waals surface area contributed by atoms with Gasteiger partial charge in [-0.05, 0) is 42.8 Å². The van der Waals surface area contributed by atoms with Crippen molar-refractivity contribution >= 4 is 28.1 Å². The highest BCUT2D eigenvalue weighted by Gasteiger charge is 2.50. The van der Waals surface area contributed by atoms with Crippen molar-refractivity contribution in [3.63, 3.8) is 0 Å². The Morgan fingerprint density at radius 1 is 1.12 bits per heavy atom. The van der Waals surface area contributed by atoms with Crippen molar-refractivity contribution in [3.05, 3.63) is 78.2 Å². The molecule has 0 spiro atoms. The number of rotatable bonds is 4. The highest BCUT2D eigenvalue weighted by molar-refractivity contribution is 5.90. The first kappa shape index (κ1) is 20.6. The number of para-hydroxylation sites is 2. The van der Waals surface area contributed by atoms with Crippen LogP contribution < -0.4 is 19.9 Å². The zero-order valence-corrected chi connectivity index (χ0v) is 19.1. The molecular weight excluding hydrogens is 398 g/mol. The van der Waals surface area contributed by atoms with Gasteiger partial charge in [-0.3, -0.25) is 9.69 Å². The van der Waals surface area contributed by atoms with Crippen LogP contribution in [0.25, 0.3) is 10.8 Å². The van der Waals surface area contributed by atoms with Crippen LogP contribution in [0, 0.1) is 0 Å². The molecule has 32 heavy (non-hydrogen) atoms. The number of nitrogens with zero attached hydrogens (tertiary/aromatic N) is 1. The maximum absolute atomic E-state index is 12.1. The van der Waals surface area contributed by atoms with Crippen LogP contribution in [0.15, 0.2) is 72.6 Å². The third kappa shape index (κ3) is 3.16. The van der Waals surface area contributed by atoms with E-state index in [1.165, 1.54) is 26.9 Å². The van der Waals surface area contributed by atoms with Crippen molar-refractivity contribution in [3.8, 4) is 5.75 Å². The Labute approximate surface area is 189 Å². The molecule has 0 aromatic heterocycles. The van der Waals surface area contributed by atoms with Crippen LogP contribution in [0.3, 0.4) is 0 Å². The van der Waals surface area contributed by atoms with Crippen molar-refractivity contribution in [2.75, 3.05) is 25.5 Å². The van der Waals surface area contributed by atoms with Crippen LogP contribution in [-0.4, -0.2) is 32.6 Å². The monoisotopic (exact) mass is 428 g/mol. The molecule has 0 aliphatic carbocycles. The highest BCUT2D eigenvalue weighted by atomic mass is 16.5. The van der Waals surface area contributed by atoms with Crippen molar-refractivity contribution < 1.29 is 14.4 Å². The average Bonchev–Trinajstić information content (AvgIpc) is 3.23. The summed E-state index contributed by atoms with van der Waals surface area (Å²) in [7, 11) is 3.75. The van der Waals surface area contributed by atoms with Gasteiger partial charge in [0, 0.05) is 31.8 Å². The van der Waals surface area contributed by atoms with E-state index in [0.717, 1.165) is 23.9 Å². The summed E-state index contributed by atoms with van der Waals surface area (Å²) in [6, 6.07) is 21.3. The van der Waals surface area contributed by atoms with E-state index in [1.54, 1.807) is 7.05 Å². The molecule has 5 heteroatoms. The van der Waals surface area contributed by atoms with Crippen LogP contribution in [0.4, 0.5) is 11.4 Å². The Kier molecular flexibility index (Phi) is 4.94. The van der Waals surface area contributed by atoms with Gasteiger partial charge in [0.05, 0.1) is 24.1 Å². The number of hydrogen-bond acceptors (Lipinski definition) is 3. The predicted octanol–water partition coefficient (Wildman–Crippen LogP) is 3.52. The minimum Gasteiger partial charge on any atom is -0.439 e. The standard InChI is InChI=1S/C27H29N3O2/c1-27(2)23(17-25-29(4)20-11-7-8-12-22(20)32-25)30(16-15-24(31)28-3)21-14-13-18-9-5-6-10-19(18)26(21)27/h5-14,17,23H,15-16H2,1-4H3,(H,28,31)/p+1/b25-17-. The molecule has 5 rings (SSSR count). The van der Waals surface area contributed by atoms with E-state index in [0.29, 0.717) is 6.42 Å². The normalized spacial score (nSPS) is 22.0. The zero-order chi connectivity index (χ0) is 22.5. The topological polar surface area (TPSA) is 46.0 Å². The van der Waals surface area contributed by atoms with Gasteiger partial charge in [-0.1, -0.05) is 36.4 Å². The third-order valence-electron chi connectivity index (χ3n) is 7.05. The molecule has 164 valence electrons. The van der Waals surface area contributed by atoms with E-state index >= 15 is 0 Å². The number of anilines is 1. The van der Waals surface area contributed by atoms with E-state index in [-0.39, 0.29) is 17.4 Å². The molecule has 3 aromatic rings. The zero-order valence-electron chi connectivity index (χ0n) is 19.1. The number of ether oxygens (including phenoxy) is 1. The molecule has 5 nitrogen and oxygen atoms in total. The number of fused-ring (bicyclic) bond motifs is 4. The van der Waals surface area contributed by atoms with Gasteiger partial charge in [-0.25, -0.2) is 0 Å². The minimum atomic E-state index is -0.139. The summed E-state index contributed by atoms with van der Waals surface area (Å²) in [4.78, 5) is 15.6. The quantitative estimate of drug-likeness (QED) is 0.668. The Morgan fingerprint density at radius 2 is 1.88 bits per heavy atom. The second kappa shape index (κ2) is 7.68. The molecule has 0 bridgehead atoms. The minimum absolute atomic E-state index is 0.0672. The maximum Gasteiger partial charge on any atom is 0.225 e. The van der Waals surface area contributed by atoms with Gasteiger partial charge >= 0.3 is 0 Å². The lowest BCUT2D eigenvalue weighted by Crippen LogP contribution is -3.11. The molecule has 2 aliphatic rings. The Balaban J connectivity index is 1.61. The molecule has 3 aromatic carbocycles. The van der Waals surface area contributed by atoms with Gasteiger partial charge in [0.1, 0.15) is 11.7 Å². The lowest BCUT2D eigenvalue weighted by Gasteiger charge is -2.28. The van der Waals surface area contributed by atoms with Gasteiger partial charge in [-0.2, -0.15) is 0 Å². The Morgan fingerprint density at radius 3 is 2.66 bits per heavy atom. The van der Waals surface area contributed by atoms with Crippen LogP contribution in [0.5, 0.6) is 5.75 Å². The van der Waals surface area contributed by atoms with Crippen molar-refractivity contribution in [2.24, 2.45) is 0 Å². The summed E-state index contributed by atoms with van der Waals surface area (Å²) >= 11 is 0. The number of carbonyl (C=O) groups excluding carboxylic acids is 1. The highest BCUT2D eigenvalue weighted by Crippen LogP contribution is 2.43. The first-order valence-electron chi connectivity index (χ1n) is 11.2. The number of carbonyl (C=O) groups is 1. The van der Waals surface area contributed by atoms with Gasteiger partial charge < -0.3 is 15.0 Å². The number of quaternary nitrogens is 1. The molecule has 1 amide bonds. The summed E-state index contributed by atoms with van der Waals surface area (Å²) in [5.41, 5.74) is 3.57. The van der Waals surface area contributed by atoms with E-state index in [2.05, 4.69) is 72.6 Å². The number of hydrogen-bond donors (Lipinski definition) is 2. The average molecular weight is 429 g/mol. The van der Waals surface area contributed by atoms with Gasteiger partial charge in [0.15, 0.2) is 5.75 Å². The second-order valence-corrected chi connectivity index (χ2v) is 9.24. The maximum atomic E-state index is 12.1. The second-order valence-electron chi connectivity index (χ2n) is 9.24. The van der Waals surface area contributed by atoms with Gasteiger partial charge in [0.25, 0.3) is 0 Å². The van der Waals surface area contributed by atoms with Crippen LogP contribution in [0.1, 0.15) is 25.8 Å².